The van der Waals surface area contributed by atoms with E-state index in [9.17, 15) is 14.7 Å². The number of methoxy groups -OCH3 is 1. The number of hydrogen-bond acceptors (Lipinski definition) is 5. The molecule has 1 heterocycles. The Morgan fingerprint density at radius 1 is 0.943 bits per heavy atom. The van der Waals surface area contributed by atoms with Crippen molar-refractivity contribution in [3.63, 3.8) is 0 Å². The van der Waals surface area contributed by atoms with Crippen molar-refractivity contribution in [1.29, 1.82) is 0 Å². The van der Waals surface area contributed by atoms with Crippen molar-refractivity contribution >= 4 is 23.1 Å². The summed E-state index contributed by atoms with van der Waals surface area (Å²) in [5.41, 5.74) is 3.62. The summed E-state index contributed by atoms with van der Waals surface area (Å²) < 4.78 is 11.1. The summed E-state index contributed by atoms with van der Waals surface area (Å²) in [4.78, 5) is 28.3. The largest absolute Gasteiger partial charge is 0.507 e. The highest BCUT2D eigenvalue weighted by molar-refractivity contribution is 6.51. The molecule has 1 unspecified atom stereocenters. The molecule has 0 aliphatic carbocycles. The number of carbonyl (C=O) groups is 2. The van der Waals surface area contributed by atoms with Crippen molar-refractivity contribution in [3.8, 4) is 11.5 Å². The molecule has 180 valence electrons. The van der Waals surface area contributed by atoms with Gasteiger partial charge in [-0.25, -0.2) is 0 Å². The van der Waals surface area contributed by atoms with Crippen LogP contribution in [-0.2, 0) is 9.59 Å². The van der Waals surface area contributed by atoms with Crippen LogP contribution in [0.5, 0.6) is 11.5 Å². The van der Waals surface area contributed by atoms with E-state index in [0.717, 1.165) is 11.1 Å². The second-order valence-electron chi connectivity index (χ2n) is 8.86. The quantitative estimate of drug-likeness (QED) is 0.282. The lowest BCUT2D eigenvalue weighted by Gasteiger charge is -2.27. The van der Waals surface area contributed by atoms with Gasteiger partial charge < -0.3 is 14.6 Å². The maximum Gasteiger partial charge on any atom is 0.300 e. The zero-order chi connectivity index (χ0) is 25.3. The lowest BCUT2D eigenvalue weighted by Crippen LogP contribution is -2.30. The number of aliphatic hydroxyl groups excluding tert-OH is 1. The van der Waals surface area contributed by atoms with Gasteiger partial charge in [0.05, 0.1) is 24.8 Å². The van der Waals surface area contributed by atoms with Gasteiger partial charge in [-0.1, -0.05) is 24.3 Å². The zero-order valence-corrected chi connectivity index (χ0v) is 20.5. The van der Waals surface area contributed by atoms with E-state index in [2.05, 4.69) is 0 Å². The van der Waals surface area contributed by atoms with Crippen molar-refractivity contribution in [1.82, 2.24) is 0 Å². The van der Waals surface area contributed by atoms with Gasteiger partial charge in [0.1, 0.15) is 17.3 Å². The lowest BCUT2D eigenvalue weighted by molar-refractivity contribution is -0.132. The summed E-state index contributed by atoms with van der Waals surface area (Å²) >= 11 is 0. The molecule has 0 saturated carbocycles. The molecule has 3 aromatic rings. The average molecular weight is 472 g/mol. The van der Waals surface area contributed by atoms with Crippen molar-refractivity contribution in [3.05, 3.63) is 94.6 Å². The zero-order valence-electron chi connectivity index (χ0n) is 20.5. The first-order valence-corrected chi connectivity index (χ1v) is 11.5. The predicted octanol–water partition coefficient (Wildman–Crippen LogP) is 5.73. The molecule has 35 heavy (non-hydrogen) atoms. The monoisotopic (exact) mass is 471 g/mol. The number of amides is 1. The summed E-state index contributed by atoms with van der Waals surface area (Å²) in [5.74, 6) is -0.424. The molecule has 1 aliphatic heterocycles. The van der Waals surface area contributed by atoms with E-state index in [1.807, 2.05) is 52.0 Å². The van der Waals surface area contributed by atoms with Crippen molar-refractivity contribution in [2.24, 2.45) is 0 Å². The molecular weight excluding hydrogens is 442 g/mol. The van der Waals surface area contributed by atoms with E-state index in [1.165, 1.54) is 4.90 Å². The maximum atomic E-state index is 13.4. The Morgan fingerprint density at radius 2 is 1.63 bits per heavy atom. The number of Topliss-reactive ketones (excluding diaryl/α,β-unsaturated/α-hetero) is 1. The van der Waals surface area contributed by atoms with Gasteiger partial charge in [-0.2, -0.15) is 0 Å². The second kappa shape index (κ2) is 9.66. The molecule has 1 atom stereocenters. The molecule has 0 aromatic heterocycles. The standard InChI is InChI=1S/C29H29NO5/c1-17(2)35-22-14-12-20(13-15-22)27(31)25-26(21-9-7-10-23(16-21)34-5)30(29(33)28(25)32)24-11-6-8-18(3)19(24)4/h6-17,26,31H,1-5H3/b27-25+. The van der Waals surface area contributed by atoms with E-state index in [1.54, 1.807) is 49.6 Å². The van der Waals surface area contributed by atoms with Crippen LogP contribution >= 0.6 is 0 Å². The first-order valence-electron chi connectivity index (χ1n) is 11.5. The predicted molar refractivity (Wildman–Crippen MR) is 136 cm³/mol. The Balaban J connectivity index is 1.91. The van der Waals surface area contributed by atoms with Crippen LogP contribution in [0.3, 0.4) is 0 Å². The molecular formula is C29H29NO5. The summed E-state index contributed by atoms with van der Waals surface area (Å²) in [5, 5.41) is 11.3. The van der Waals surface area contributed by atoms with Crippen LogP contribution in [0.25, 0.3) is 5.76 Å². The van der Waals surface area contributed by atoms with Gasteiger partial charge in [-0.05, 0) is 86.8 Å². The van der Waals surface area contributed by atoms with Gasteiger partial charge in [0.2, 0.25) is 0 Å². The molecule has 1 N–H and O–H groups in total. The Morgan fingerprint density at radius 3 is 2.29 bits per heavy atom. The number of ketones is 1. The van der Waals surface area contributed by atoms with Crippen molar-refractivity contribution in [2.45, 2.75) is 39.8 Å². The first kappa shape index (κ1) is 24.1. The molecule has 1 fully saturated rings. The number of ether oxygens (including phenoxy) is 2. The number of aryl methyl sites for hydroxylation is 1. The van der Waals surface area contributed by atoms with Crippen LogP contribution in [0.15, 0.2) is 72.3 Å². The second-order valence-corrected chi connectivity index (χ2v) is 8.86. The minimum atomic E-state index is -0.822. The van der Waals surface area contributed by atoms with Gasteiger partial charge in [0.25, 0.3) is 11.7 Å². The Bertz CT molecular complexity index is 1310. The lowest BCUT2D eigenvalue weighted by atomic mass is 9.94. The summed E-state index contributed by atoms with van der Waals surface area (Å²) in [6.07, 6.45) is 0.00500. The Labute approximate surface area is 205 Å². The van der Waals surface area contributed by atoms with Crippen LogP contribution < -0.4 is 14.4 Å². The molecule has 3 aromatic carbocycles. The number of hydrogen-bond donors (Lipinski definition) is 1. The average Bonchev–Trinajstić information content (AvgIpc) is 3.11. The van der Waals surface area contributed by atoms with Crippen LogP contribution in [0, 0.1) is 13.8 Å². The summed E-state index contributed by atoms with van der Waals surface area (Å²) in [7, 11) is 1.56. The van der Waals surface area contributed by atoms with E-state index >= 15 is 0 Å². The van der Waals surface area contributed by atoms with E-state index in [0.29, 0.717) is 28.3 Å². The van der Waals surface area contributed by atoms with Gasteiger partial charge in [0, 0.05) is 11.3 Å². The smallest absolute Gasteiger partial charge is 0.300 e. The molecule has 1 amide bonds. The fraction of sp³-hybridized carbons (Fsp3) is 0.241. The van der Waals surface area contributed by atoms with Crippen LogP contribution in [0.4, 0.5) is 5.69 Å². The number of rotatable bonds is 6. The maximum absolute atomic E-state index is 13.4. The van der Waals surface area contributed by atoms with Crippen molar-refractivity contribution < 1.29 is 24.2 Å². The molecule has 6 heteroatoms. The molecule has 0 radical (unpaired) electrons. The third-order valence-corrected chi connectivity index (χ3v) is 6.19. The van der Waals surface area contributed by atoms with E-state index in [-0.39, 0.29) is 17.4 Å². The van der Waals surface area contributed by atoms with Crippen LogP contribution in [0.1, 0.15) is 42.1 Å². The van der Waals surface area contributed by atoms with Crippen LogP contribution in [-0.4, -0.2) is 30.0 Å². The minimum absolute atomic E-state index is 0.00500. The Hall–Kier alpha value is -4.06. The highest BCUT2D eigenvalue weighted by atomic mass is 16.5. The van der Waals surface area contributed by atoms with E-state index < -0.39 is 17.7 Å². The highest BCUT2D eigenvalue weighted by Crippen LogP contribution is 2.44. The first-order chi connectivity index (χ1) is 16.7. The van der Waals surface area contributed by atoms with Crippen LogP contribution in [0.2, 0.25) is 0 Å². The molecule has 1 saturated heterocycles. The molecule has 0 bridgehead atoms. The van der Waals surface area contributed by atoms with Gasteiger partial charge in [0.15, 0.2) is 0 Å². The number of anilines is 1. The van der Waals surface area contributed by atoms with E-state index in [4.69, 9.17) is 9.47 Å². The number of carbonyl (C=O) groups excluding carboxylic acids is 2. The third kappa shape index (κ3) is 4.52. The molecule has 6 nitrogen and oxygen atoms in total. The topological polar surface area (TPSA) is 76.1 Å². The minimum Gasteiger partial charge on any atom is -0.507 e. The molecule has 4 rings (SSSR count). The number of benzene rings is 3. The fourth-order valence-corrected chi connectivity index (χ4v) is 4.32. The summed E-state index contributed by atoms with van der Waals surface area (Å²) in [6.45, 7) is 7.73. The number of aliphatic hydroxyl groups is 1. The Kier molecular flexibility index (Phi) is 6.65. The summed E-state index contributed by atoms with van der Waals surface area (Å²) in [6, 6.07) is 18.8. The third-order valence-electron chi connectivity index (χ3n) is 6.19. The van der Waals surface area contributed by atoms with Crippen molar-refractivity contribution in [2.75, 3.05) is 12.0 Å². The highest BCUT2D eigenvalue weighted by Gasteiger charge is 2.47. The normalized spacial score (nSPS) is 17.2. The fourth-order valence-electron chi connectivity index (χ4n) is 4.32. The van der Waals surface area contributed by atoms with Gasteiger partial charge in [-0.3, -0.25) is 14.5 Å². The van der Waals surface area contributed by atoms with Gasteiger partial charge >= 0.3 is 0 Å². The van der Waals surface area contributed by atoms with Gasteiger partial charge in [-0.15, -0.1) is 0 Å². The molecule has 0 spiro atoms. The SMILES string of the molecule is COc1cccc(C2/C(=C(\O)c3ccc(OC(C)C)cc3)C(=O)C(=O)N2c2cccc(C)c2C)c1. The molecule has 1 aliphatic rings. The number of nitrogens with zero attached hydrogens (tertiary/aromatic N) is 1.